The van der Waals surface area contributed by atoms with Crippen LogP contribution in [0.25, 0.3) is 0 Å². The Bertz CT molecular complexity index is 674. The first-order valence-electron chi connectivity index (χ1n) is 10.3. The number of nitrogens with zero attached hydrogens (tertiary/aromatic N) is 1. The molecule has 3 unspecified atom stereocenters. The molecule has 27 heavy (non-hydrogen) atoms. The molecule has 3 aliphatic rings. The van der Waals surface area contributed by atoms with Crippen LogP contribution in [0.4, 0.5) is 4.39 Å². The van der Waals surface area contributed by atoms with Gasteiger partial charge in [0.1, 0.15) is 0 Å². The maximum absolute atomic E-state index is 12.4. The third-order valence-electron chi connectivity index (χ3n) is 6.44. The van der Waals surface area contributed by atoms with Gasteiger partial charge >= 0.3 is 0 Å². The first kappa shape index (κ1) is 19.0. The number of fused-ring (bicyclic) bond motifs is 3. The predicted octanol–water partition coefficient (Wildman–Crippen LogP) is 4.17. The normalized spacial score (nSPS) is 29.5. The maximum Gasteiger partial charge on any atom is 0.161 e. The molecule has 1 aromatic carbocycles. The predicted molar refractivity (Wildman–Crippen MR) is 103 cm³/mol. The fourth-order valence-corrected chi connectivity index (χ4v) is 4.98. The van der Waals surface area contributed by atoms with E-state index in [9.17, 15) is 4.39 Å². The monoisotopic (exact) mass is 376 g/mol. The number of rotatable bonds is 7. The zero-order valence-electron chi connectivity index (χ0n) is 16.8. The SMILES string of the molecule is COc1cc2c(cc1OCCC[18F])CCN1CC(CC(C)C)C3(CO3)CC21. The lowest BCUT2D eigenvalue weighted by atomic mass is 9.74. The van der Waals surface area contributed by atoms with Crippen LogP contribution >= 0.6 is 0 Å². The zero-order chi connectivity index (χ0) is 19.0. The second kappa shape index (κ2) is 7.59. The number of benzene rings is 1. The summed E-state index contributed by atoms with van der Waals surface area (Å²) in [7, 11) is 1.68. The van der Waals surface area contributed by atoms with Crippen LogP contribution in [0.15, 0.2) is 12.1 Å². The molecule has 0 aliphatic carbocycles. The third kappa shape index (κ3) is 3.68. The lowest BCUT2D eigenvalue weighted by Gasteiger charge is -2.47. The van der Waals surface area contributed by atoms with Crippen LogP contribution in [-0.2, 0) is 11.2 Å². The highest BCUT2D eigenvalue weighted by molar-refractivity contribution is 5.50. The summed E-state index contributed by atoms with van der Waals surface area (Å²) in [5, 5.41) is 0. The van der Waals surface area contributed by atoms with Gasteiger partial charge in [-0.15, -0.1) is 0 Å². The third-order valence-corrected chi connectivity index (χ3v) is 6.44. The summed E-state index contributed by atoms with van der Waals surface area (Å²) in [4.78, 5) is 2.64. The van der Waals surface area contributed by atoms with Gasteiger partial charge in [0, 0.05) is 31.5 Å². The molecule has 4 rings (SSSR count). The Kier molecular flexibility index (Phi) is 5.34. The average Bonchev–Trinajstić information content (AvgIpc) is 3.42. The van der Waals surface area contributed by atoms with Gasteiger partial charge in [-0.25, -0.2) is 0 Å². The molecule has 0 N–H and O–H groups in total. The number of hydrogen-bond donors (Lipinski definition) is 0. The van der Waals surface area contributed by atoms with Gasteiger partial charge < -0.3 is 14.2 Å². The lowest BCUT2D eigenvalue weighted by molar-refractivity contribution is 0.0224. The summed E-state index contributed by atoms with van der Waals surface area (Å²) in [5.74, 6) is 2.84. The van der Waals surface area contributed by atoms with Crippen LogP contribution in [0.3, 0.4) is 0 Å². The molecule has 0 aromatic heterocycles. The highest BCUT2D eigenvalue weighted by Gasteiger charge is 2.57. The van der Waals surface area contributed by atoms with Gasteiger partial charge in [-0.05, 0) is 48.4 Å². The Balaban J connectivity index is 1.58. The van der Waals surface area contributed by atoms with Crippen molar-refractivity contribution in [1.82, 2.24) is 4.90 Å². The van der Waals surface area contributed by atoms with E-state index >= 15 is 0 Å². The van der Waals surface area contributed by atoms with E-state index in [0.717, 1.165) is 44.0 Å². The molecule has 0 amide bonds. The molecule has 0 bridgehead atoms. The standard InChI is InChI=1S/C22H32FNO3/c1-15(2)9-17-13-24-7-5-16-10-21(26-8-4-6-23)20(25-3)11-18(16)19(24)12-22(17)14-27-22/h10-11,15,17,19H,4-9,12-14H2,1-3H3/i23-1. The van der Waals surface area contributed by atoms with Crippen molar-refractivity contribution in [3.63, 3.8) is 0 Å². The summed E-state index contributed by atoms with van der Waals surface area (Å²) in [5.41, 5.74) is 2.78. The van der Waals surface area contributed by atoms with Crippen molar-refractivity contribution in [3.8, 4) is 11.5 Å². The average molecular weight is 377 g/mol. The minimum Gasteiger partial charge on any atom is -0.493 e. The van der Waals surface area contributed by atoms with Gasteiger partial charge in [0.25, 0.3) is 0 Å². The number of halogens is 1. The Morgan fingerprint density at radius 1 is 1.33 bits per heavy atom. The topological polar surface area (TPSA) is 34.2 Å². The van der Waals surface area contributed by atoms with Crippen LogP contribution in [0, 0.1) is 11.8 Å². The minimum atomic E-state index is -0.357. The molecule has 2 fully saturated rings. The number of piperidine rings is 1. The second-order valence-corrected chi connectivity index (χ2v) is 8.74. The Labute approximate surface area is 162 Å². The van der Waals surface area contributed by atoms with Crippen molar-refractivity contribution in [1.29, 1.82) is 0 Å². The number of ether oxygens (including phenoxy) is 3. The fraction of sp³-hybridized carbons (Fsp3) is 0.727. The Hall–Kier alpha value is -1.33. The van der Waals surface area contributed by atoms with E-state index in [-0.39, 0.29) is 12.3 Å². The largest absolute Gasteiger partial charge is 0.493 e. The summed E-state index contributed by atoms with van der Waals surface area (Å²) in [6.45, 7) is 7.76. The van der Waals surface area contributed by atoms with Crippen LogP contribution in [0.1, 0.15) is 50.3 Å². The molecule has 3 atom stereocenters. The number of hydrogen-bond acceptors (Lipinski definition) is 4. The summed E-state index contributed by atoms with van der Waals surface area (Å²) >= 11 is 0. The second-order valence-electron chi connectivity index (χ2n) is 8.74. The summed E-state index contributed by atoms with van der Waals surface area (Å²) in [6.07, 6.45) is 3.74. The minimum absolute atomic E-state index is 0.0869. The van der Waals surface area contributed by atoms with E-state index in [0.29, 0.717) is 30.9 Å². The molecular formula is C22H32FNO3. The van der Waals surface area contributed by atoms with Crippen LogP contribution < -0.4 is 9.47 Å². The zero-order valence-corrected chi connectivity index (χ0v) is 16.8. The maximum atomic E-state index is 12.4. The summed E-state index contributed by atoms with van der Waals surface area (Å²) < 4.78 is 29.8. The van der Waals surface area contributed by atoms with Crippen LogP contribution in [-0.4, -0.2) is 50.6 Å². The molecule has 4 nitrogen and oxygen atoms in total. The van der Waals surface area contributed by atoms with Crippen molar-refractivity contribution in [2.45, 2.75) is 51.2 Å². The van der Waals surface area contributed by atoms with Crippen molar-refractivity contribution < 1.29 is 18.6 Å². The molecule has 150 valence electrons. The molecule has 0 radical (unpaired) electrons. The van der Waals surface area contributed by atoms with E-state index in [4.69, 9.17) is 14.2 Å². The molecular weight excluding hydrogens is 344 g/mol. The molecule has 1 aromatic rings. The van der Waals surface area contributed by atoms with E-state index in [1.165, 1.54) is 17.5 Å². The quantitative estimate of drug-likeness (QED) is 0.528. The van der Waals surface area contributed by atoms with Crippen molar-refractivity contribution >= 4 is 0 Å². The molecule has 2 saturated heterocycles. The first-order valence-corrected chi connectivity index (χ1v) is 10.3. The van der Waals surface area contributed by atoms with E-state index in [2.05, 4.69) is 30.9 Å². The van der Waals surface area contributed by atoms with Gasteiger partial charge in [-0.1, -0.05) is 13.8 Å². The molecule has 3 heterocycles. The van der Waals surface area contributed by atoms with E-state index in [1.807, 2.05) is 0 Å². The number of alkyl halides is 1. The molecule has 0 saturated carbocycles. The molecule has 5 heteroatoms. The Morgan fingerprint density at radius 2 is 2.15 bits per heavy atom. The van der Waals surface area contributed by atoms with Gasteiger partial charge in [0.2, 0.25) is 0 Å². The van der Waals surface area contributed by atoms with Crippen molar-refractivity contribution in [2.24, 2.45) is 11.8 Å². The lowest BCUT2D eigenvalue weighted by Crippen LogP contribution is -2.50. The van der Waals surface area contributed by atoms with Gasteiger partial charge in [-0.2, -0.15) is 0 Å². The van der Waals surface area contributed by atoms with Gasteiger partial charge in [-0.3, -0.25) is 9.29 Å². The number of methoxy groups -OCH3 is 1. The summed E-state index contributed by atoms with van der Waals surface area (Å²) in [6, 6.07) is 4.66. The Morgan fingerprint density at radius 3 is 2.81 bits per heavy atom. The van der Waals surface area contributed by atoms with Gasteiger partial charge in [0.15, 0.2) is 11.5 Å². The highest BCUT2D eigenvalue weighted by Crippen LogP contribution is 2.53. The van der Waals surface area contributed by atoms with Crippen molar-refractivity contribution in [3.05, 3.63) is 23.3 Å². The van der Waals surface area contributed by atoms with E-state index in [1.54, 1.807) is 7.11 Å². The van der Waals surface area contributed by atoms with Gasteiger partial charge in [0.05, 0.1) is 32.6 Å². The van der Waals surface area contributed by atoms with E-state index < -0.39 is 0 Å². The van der Waals surface area contributed by atoms with Crippen LogP contribution in [0.5, 0.6) is 11.5 Å². The number of epoxide rings is 1. The fourth-order valence-electron chi connectivity index (χ4n) is 4.98. The highest BCUT2D eigenvalue weighted by atomic mass is 18.2. The smallest absolute Gasteiger partial charge is 0.161 e. The first-order chi connectivity index (χ1) is 13.1. The van der Waals surface area contributed by atoms with Crippen molar-refractivity contribution in [2.75, 3.05) is 40.1 Å². The molecule has 3 aliphatic heterocycles. The van der Waals surface area contributed by atoms with Crippen LogP contribution in [0.2, 0.25) is 0 Å². The molecule has 1 spiro atoms.